The van der Waals surface area contributed by atoms with Gasteiger partial charge in [0.1, 0.15) is 11.8 Å². The van der Waals surface area contributed by atoms with Crippen molar-refractivity contribution in [3.8, 4) is 0 Å². The van der Waals surface area contributed by atoms with Gasteiger partial charge < -0.3 is 9.15 Å². The number of nitrogens with two attached hydrogens (primary N) is 1. The molecule has 2 heterocycles. The summed E-state index contributed by atoms with van der Waals surface area (Å²) >= 11 is 0. The van der Waals surface area contributed by atoms with E-state index in [2.05, 4.69) is 12.3 Å². The van der Waals surface area contributed by atoms with Crippen molar-refractivity contribution in [2.24, 2.45) is 5.84 Å². The molecule has 0 radical (unpaired) electrons. The van der Waals surface area contributed by atoms with E-state index in [1.165, 1.54) is 0 Å². The van der Waals surface area contributed by atoms with Gasteiger partial charge in [-0.15, -0.1) is 0 Å². The number of hydrogen-bond donors (Lipinski definition) is 2. The van der Waals surface area contributed by atoms with Crippen LogP contribution in [0.4, 0.5) is 0 Å². The van der Waals surface area contributed by atoms with E-state index in [0.29, 0.717) is 0 Å². The van der Waals surface area contributed by atoms with Gasteiger partial charge >= 0.3 is 0 Å². The fourth-order valence-electron chi connectivity index (χ4n) is 2.04. The third-order valence-electron chi connectivity index (χ3n) is 2.85. The molecule has 1 aliphatic heterocycles. The highest BCUT2D eigenvalue weighted by Crippen LogP contribution is 2.36. The van der Waals surface area contributed by atoms with E-state index in [4.69, 9.17) is 15.0 Å². The van der Waals surface area contributed by atoms with Crippen molar-refractivity contribution in [3.63, 3.8) is 0 Å². The van der Waals surface area contributed by atoms with E-state index in [-0.39, 0.29) is 11.6 Å². The Morgan fingerprint density at radius 1 is 1.64 bits per heavy atom. The molecule has 3 N–H and O–H groups in total. The van der Waals surface area contributed by atoms with Crippen LogP contribution in [0.5, 0.6) is 0 Å². The van der Waals surface area contributed by atoms with Crippen LogP contribution in [0.1, 0.15) is 31.6 Å². The largest absolute Gasteiger partial charge is 0.468 e. The number of ether oxygens (including phenoxy) is 1. The first-order chi connectivity index (χ1) is 6.76. The van der Waals surface area contributed by atoms with E-state index >= 15 is 0 Å². The molecule has 4 nitrogen and oxygen atoms in total. The predicted molar refractivity (Wildman–Crippen MR) is 52.4 cm³/mol. The molecule has 0 spiro atoms. The monoisotopic (exact) mass is 196 g/mol. The summed E-state index contributed by atoms with van der Waals surface area (Å²) in [5, 5.41) is 0. The van der Waals surface area contributed by atoms with Crippen molar-refractivity contribution in [1.29, 1.82) is 0 Å². The lowest BCUT2D eigenvalue weighted by atomic mass is 9.92. The van der Waals surface area contributed by atoms with Gasteiger partial charge in [-0.3, -0.25) is 5.84 Å². The molecule has 1 aliphatic rings. The van der Waals surface area contributed by atoms with E-state index in [1.807, 2.05) is 12.1 Å². The van der Waals surface area contributed by atoms with Gasteiger partial charge in [-0.2, -0.15) is 0 Å². The molecule has 1 fully saturated rings. The topological polar surface area (TPSA) is 60.4 Å². The van der Waals surface area contributed by atoms with Crippen LogP contribution in [0.3, 0.4) is 0 Å². The highest BCUT2D eigenvalue weighted by molar-refractivity contribution is 5.10. The Hall–Kier alpha value is -0.840. The predicted octanol–water partition coefficient (Wildman–Crippen LogP) is 1.35. The lowest BCUT2D eigenvalue weighted by Crippen LogP contribution is -2.44. The summed E-state index contributed by atoms with van der Waals surface area (Å²) in [5.41, 5.74) is 2.52. The molecule has 4 heteroatoms. The van der Waals surface area contributed by atoms with Crippen molar-refractivity contribution in [2.75, 3.05) is 6.61 Å². The molecule has 78 valence electrons. The lowest BCUT2D eigenvalue weighted by molar-refractivity contribution is -0.0181. The van der Waals surface area contributed by atoms with Crippen LogP contribution in [0, 0.1) is 0 Å². The summed E-state index contributed by atoms with van der Waals surface area (Å²) in [6.45, 7) is 2.86. The highest BCUT2D eigenvalue weighted by atomic mass is 16.5. The van der Waals surface area contributed by atoms with Crippen LogP contribution >= 0.6 is 0 Å². The van der Waals surface area contributed by atoms with Crippen LogP contribution in [-0.2, 0) is 4.74 Å². The molecule has 1 aromatic heterocycles. The molecule has 0 saturated carbocycles. The SMILES string of the molecule is CC1(C(NN)c2ccco2)CCCO1. The molecule has 0 amide bonds. The number of hydrazine groups is 1. The standard InChI is InChI=1S/C10H16N2O2/c1-10(5-3-7-14-10)9(12-11)8-4-2-6-13-8/h2,4,6,9,12H,3,5,7,11H2,1H3. The van der Waals surface area contributed by atoms with Crippen molar-refractivity contribution < 1.29 is 9.15 Å². The summed E-state index contributed by atoms with van der Waals surface area (Å²) in [7, 11) is 0. The van der Waals surface area contributed by atoms with E-state index in [9.17, 15) is 0 Å². The Morgan fingerprint density at radius 2 is 2.50 bits per heavy atom. The molecule has 14 heavy (non-hydrogen) atoms. The Morgan fingerprint density at radius 3 is 3.00 bits per heavy atom. The third-order valence-corrected chi connectivity index (χ3v) is 2.85. The van der Waals surface area contributed by atoms with Crippen molar-refractivity contribution in [2.45, 2.75) is 31.4 Å². The Labute approximate surface area is 83.4 Å². The normalized spacial score (nSPS) is 29.3. The first-order valence-corrected chi connectivity index (χ1v) is 4.90. The maximum atomic E-state index is 5.71. The minimum atomic E-state index is -0.243. The summed E-state index contributed by atoms with van der Waals surface area (Å²) in [6.07, 6.45) is 3.73. The molecule has 2 rings (SSSR count). The Balaban J connectivity index is 2.20. The molecule has 2 atom stereocenters. The zero-order chi connectivity index (χ0) is 10.0. The fraction of sp³-hybridized carbons (Fsp3) is 0.600. The summed E-state index contributed by atoms with van der Waals surface area (Å²) in [5.74, 6) is 6.37. The maximum absolute atomic E-state index is 5.71. The molecule has 0 bridgehead atoms. The number of hydrogen-bond acceptors (Lipinski definition) is 4. The molecular formula is C10H16N2O2. The molecule has 2 unspecified atom stereocenters. The smallest absolute Gasteiger partial charge is 0.124 e. The van der Waals surface area contributed by atoms with Gasteiger partial charge in [0.2, 0.25) is 0 Å². The fourth-order valence-corrected chi connectivity index (χ4v) is 2.04. The maximum Gasteiger partial charge on any atom is 0.124 e. The second-order valence-electron chi connectivity index (χ2n) is 3.88. The van der Waals surface area contributed by atoms with Crippen molar-refractivity contribution >= 4 is 0 Å². The number of furan rings is 1. The van der Waals surface area contributed by atoms with E-state index < -0.39 is 0 Å². The van der Waals surface area contributed by atoms with Gasteiger partial charge in [0.05, 0.1) is 11.9 Å². The molecular weight excluding hydrogens is 180 g/mol. The average molecular weight is 196 g/mol. The van der Waals surface area contributed by atoms with Gasteiger partial charge in [-0.05, 0) is 31.9 Å². The molecule has 1 saturated heterocycles. The summed E-state index contributed by atoms with van der Waals surface area (Å²) < 4.78 is 11.1. The minimum absolute atomic E-state index is 0.0694. The Bertz CT molecular complexity index is 278. The molecule has 0 aromatic carbocycles. The van der Waals surface area contributed by atoms with E-state index in [0.717, 1.165) is 25.2 Å². The van der Waals surface area contributed by atoms with Crippen LogP contribution in [0.15, 0.2) is 22.8 Å². The van der Waals surface area contributed by atoms with Gasteiger partial charge in [0.25, 0.3) is 0 Å². The minimum Gasteiger partial charge on any atom is -0.468 e. The van der Waals surface area contributed by atoms with Gasteiger partial charge in [0, 0.05) is 6.61 Å². The Kier molecular flexibility index (Phi) is 2.58. The summed E-state index contributed by atoms with van der Waals surface area (Å²) in [6, 6.07) is 3.70. The average Bonchev–Trinajstić information content (AvgIpc) is 2.78. The first-order valence-electron chi connectivity index (χ1n) is 4.90. The van der Waals surface area contributed by atoms with Crippen LogP contribution in [-0.4, -0.2) is 12.2 Å². The quantitative estimate of drug-likeness (QED) is 0.566. The van der Waals surface area contributed by atoms with Gasteiger partial charge in [-0.1, -0.05) is 0 Å². The molecule has 1 aromatic rings. The first kappa shape index (κ1) is 9.71. The van der Waals surface area contributed by atoms with Crippen LogP contribution in [0.2, 0.25) is 0 Å². The van der Waals surface area contributed by atoms with Gasteiger partial charge in [0.15, 0.2) is 0 Å². The zero-order valence-corrected chi connectivity index (χ0v) is 8.32. The number of rotatable bonds is 3. The van der Waals surface area contributed by atoms with E-state index in [1.54, 1.807) is 6.26 Å². The van der Waals surface area contributed by atoms with Gasteiger partial charge in [-0.25, -0.2) is 5.43 Å². The van der Waals surface area contributed by atoms with Crippen LogP contribution in [0.25, 0.3) is 0 Å². The van der Waals surface area contributed by atoms with Crippen LogP contribution < -0.4 is 11.3 Å². The third kappa shape index (κ3) is 1.56. The summed E-state index contributed by atoms with van der Waals surface area (Å²) in [4.78, 5) is 0. The second kappa shape index (κ2) is 3.73. The van der Waals surface area contributed by atoms with Crippen molar-refractivity contribution in [1.82, 2.24) is 5.43 Å². The number of nitrogens with one attached hydrogen (secondary N) is 1. The van der Waals surface area contributed by atoms with Crippen molar-refractivity contribution in [3.05, 3.63) is 24.2 Å². The second-order valence-corrected chi connectivity index (χ2v) is 3.88. The molecule has 0 aliphatic carbocycles. The zero-order valence-electron chi connectivity index (χ0n) is 8.32. The lowest BCUT2D eigenvalue weighted by Gasteiger charge is -2.31. The highest BCUT2D eigenvalue weighted by Gasteiger charge is 2.40.